The van der Waals surface area contributed by atoms with E-state index in [4.69, 9.17) is 15.2 Å². The second-order valence-corrected chi connectivity index (χ2v) is 4.73. The number of benzene rings is 1. The number of hydrogen-bond acceptors (Lipinski definition) is 5. The van der Waals surface area contributed by atoms with E-state index >= 15 is 0 Å². The molecule has 4 nitrogen and oxygen atoms in total. The van der Waals surface area contributed by atoms with Gasteiger partial charge in [0.25, 0.3) is 0 Å². The fraction of sp³-hybridized carbons (Fsp3) is 0.462. The zero-order valence-corrected chi connectivity index (χ0v) is 11.4. The van der Waals surface area contributed by atoms with Crippen LogP contribution in [0.5, 0.6) is 5.75 Å². The maximum Gasteiger partial charge on any atom is 0.315 e. The highest BCUT2D eigenvalue weighted by Gasteiger charge is 2.01. The van der Waals surface area contributed by atoms with Crippen LogP contribution in [0.15, 0.2) is 24.3 Å². The van der Waals surface area contributed by atoms with E-state index in [1.165, 1.54) is 0 Å². The van der Waals surface area contributed by atoms with Gasteiger partial charge in [-0.3, -0.25) is 4.79 Å². The third-order valence-corrected chi connectivity index (χ3v) is 3.12. The van der Waals surface area contributed by atoms with Crippen LogP contribution < -0.4 is 10.5 Å². The van der Waals surface area contributed by atoms with E-state index in [0.29, 0.717) is 19.0 Å². The highest BCUT2D eigenvalue weighted by atomic mass is 32.2. The Morgan fingerprint density at radius 3 is 2.72 bits per heavy atom. The standard InChI is InChI=1S/C13H19NO3S/c1-2-16-13(15)10-18-9-3-8-17-12-6-4-11(14)5-7-12/h4-7H,2-3,8-10,14H2,1H3. The van der Waals surface area contributed by atoms with Crippen LogP contribution in [0.3, 0.4) is 0 Å². The largest absolute Gasteiger partial charge is 0.494 e. The molecule has 0 unspecified atom stereocenters. The highest BCUT2D eigenvalue weighted by molar-refractivity contribution is 7.99. The minimum absolute atomic E-state index is 0.151. The van der Waals surface area contributed by atoms with Crippen molar-refractivity contribution in [3.8, 4) is 5.75 Å². The Morgan fingerprint density at radius 1 is 1.33 bits per heavy atom. The number of carbonyl (C=O) groups excluding carboxylic acids is 1. The molecule has 2 N–H and O–H groups in total. The van der Waals surface area contributed by atoms with Crippen molar-refractivity contribution >= 4 is 23.4 Å². The lowest BCUT2D eigenvalue weighted by Gasteiger charge is -2.06. The number of ether oxygens (including phenoxy) is 2. The first-order valence-corrected chi connectivity index (χ1v) is 7.09. The van der Waals surface area contributed by atoms with E-state index in [-0.39, 0.29) is 5.97 Å². The van der Waals surface area contributed by atoms with Crippen molar-refractivity contribution in [2.24, 2.45) is 0 Å². The average molecular weight is 269 g/mol. The molecule has 0 fully saturated rings. The second kappa shape index (κ2) is 8.69. The Bertz CT molecular complexity index is 354. The molecule has 0 atom stereocenters. The molecule has 0 aromatic heterocycles. The number of nitrogen functional groups attached to an aromatic ring is 1. The summed E-state index contributed by atoms with van der Waals surface area (Å²) in [4.78, 5) is 11.0. The fourth-order valence-corrected chi connectivity index (χ4v) is 1.99. The molecule has 0 radical (unpaired) electrons. The molecular weight excluding hydrogens is 250 g/mol. The van der Waals surface area contributed by atoms with Crippen molar-refractivity contribution in [3.05, 3.63) is 24.3 Å². The number of anilines is 1. The van der Waals surface area contributed by atoms with Gasteiger partial charge in [-0.2, -0.15) is 11.8 Å². The van der Waals surface area contributed by atoms with Gasteiger partial charge in [-0.15, -0.1) is 0 Å². The summed E-state index contributed by atoms with van der Waals surface area (Å²) in [6, 6.07) is 7.32. The van der Waals surface area contributed by atoms with Gasteiger partial charge in [0, 0.05) is 5.69 Å². The van der Waals surface area contributed by atoms with E-state index in [1.807, 2.05) is 31.2 Å². The first-order valence-electron chi connectivity index (χ1n) is 5.94. The Labute approximate surface area is 112 Å². The van der Waals surface area contributed by atoms with Crippen LogP contribution >= 0.6 is 11.8 Å². The van der Waals surface area contributed by atoms with E-state index < -0.39 is 0 Å². The van der Waals surface area contributed by atoms with Crippen LogP contribution in [0.25, 0.3) is 0 Å². The first kappa shape index (κ1) is 14.7. The molecule has 0 spiro atoms. The van der Waals surface area contributed by atoms with Gasteiger partial charge in [-0.05, 0) is 43.4 Å². The van der Waals surface area contributed by atoms with E-state index in [2.05, 4.69) is 0 Å². The molecule has 18 heavy (non-hydrogen) atoms. The molecule has 0 aliphatic rings. The number of thioether (sulfide) groups is 1. The van der Waals surface area contributed by atoms with Crippen molar-refractivity contribution in [3.63, 3.8) is 0 Å². The van der Waals surface area contributed by atoms with Gasteiger partial charge < -0.3 is 15.2 Å². The number of hydrogen-bond donors (Lipinski definition) is 1. The third kappa shape index (κ3) is 6.39. The number of esters is 1. The minimum Gasteiger partial charge on any atom is -0.494 e. The van der Waals surface area contributed by atoms with Crippen molar-refractivity contribution in [2.45, 2.75) is 13.3 Å². The van der Waals surface area contributed by atoms with Crippen LogP contribution in [0.2, 0.25) is 0 Å². The second-order valence-electron chi connectivity index (χ2n) is 3.63. The van der Waals surface area contributed by atoms with Crippen molar-refractivity contribution in [1.29, 1.82) is 0 Å². The summed E-state index contributed by atoms with van der Waals surface area (Å²) in [5.41, 5.74) is 6.30. The molecular formula is C13H19NO3S. The van der Waals surface area contributed by atoms with Gasteiger partial charge in [-0.25, -0.2) is 0 Å². The summed E-state index contributed by atoms with van der Waals surface area (Å²) in [5.74, 6) is 1.96. The van der Waals surface area contributed by atoms with Crippen LogP contribution in [0.4, 0.5) is 5.69 Å². The lowest BCUT2D eigenvalue weighted by molar-refractivity contribution is -0.139. The summed E-state index contributed by atoms with van der Waals surface area (Å²) < 4.78 is 10.4. The first-order chi connectivity index (χ1) is 8.72. The van der Waals surface area contributed by atoms with Crippen LogP contribution in [-0.4, -0.2) is 30.7 Å². The maximum atomic E-state index is 11.0. The van der Waals surface area contributed by atoms with Crippen molar-refractivity contribution < 1.29 is 14.3 Å². The predicted octanol–water partition coefficient (Wildman–Crippen LogP) is 2.33. The SMILES string of the molecule is CCOC(=O)CSCCCOc1ccc(N)cc1. The molecule has 0 amide bonds. The van der Waals surface area contributed by atoms with Gasteiger partial charge in [0.05, 0.1) is 19.0 Å². The Hall–Kier alpha value is -1.36. The topological polar surface area (TPSA) is 61.5 Å². The molecule has 0 saturated carbocycles. The van der Waals surface area contributed by atoms with Crippen LogP contribution in [0, 0.1) is 0 Å². The molecule has 0 heterocycles. The molecule has 1 aromatic rings. The number of carbonyl (C=O) groups is 1. The number of nitrogens with two attached hydrogens (primary N) is 1. The highest BCUT2D eigenvalue weighted by Crippen LogP contribution is 2.13. The normalized spacial score (nSPS) is 10.1. The Balaban J connectivity index is 2.02. The molecule has 1 aromatic carbocycles. The molecule has 0 saturated heterocycles. The predicted molar refractivity (Wildman–Crippen MR) is 74.9 cm³/mol. The minimum atomic E-state index is -0.151. The van der Waals surface area contributed by atoms with Crippen LogP contribution in [-0.2, 0) is 9.53 Å². The van der Waals surface area contributed by atoms with Gasteiger partial charge >= 0.3 is 5.97 Å². The molecule has 0 bridgehead atoms. The quantitative estimate of drug-likeness (QED) is 0.446. The zero-order valence-electron chi connectivity index (χ0n) is 10.6. The van der Waals surface area contributed by atoms with Gasteiger partial charge in [0.1, 0.15) is 5.75 Å². The van der Waals surface area contributed by atoms with Crippen molar-refractivity contribution in [2.75, 3.05) is 30.5 Å². The lowest BCUT2D eigenvalue weighted by atomic mass is 10.3. The Kier molecular flexibility index (Phi) is 7.10. The molecule has 0 aliphatic heterocycles. The van der Waals surface area contributed by atoms with Gasteiger partial charge in [0.15, 0.2) is 0 Å². The van der Waals surface area contributed by atoms with Crippen molar-refractivity contribution in [1.82, 2.24) is 0 Å². The summed E-state index contributed by atoms with van der Waals surface area (Å²) in [6.07, 6.45) is 0.897. The van der Waals surface area contributed by atoms with E-state index in [0.717, 1.165) is 23.6 Å². The van der Waals surface area contributed by atoms with E-state index in [9.17, 15) is 4.79 Å². The lowest BCUT2D eigenvalue weighted by Crippen LogP contribution is -2.07. The number of rotatable bonds is 8. The molecule has 1 rings (SSSR count). The zero-order chi connectivity index (χ0) is 13.2. The summed E-state index contributed by atoms with van der Waals surface area (Å²) in [5, 5.41) is 0. The summed E-state index contributed by atoms with van der Waals surface area (Å²) in [7, 11) is 0. The summed E-state index contributed by atoms with van der Waals surface area (Å²) >= 11 is 1.56. The van der Waals surface area contributed by atoms with E-state index in [1.54, 1.807) is 11.8 Å². The maximum absolute atomic E-state index is 11.0. The summed E-state index contributed by atoms with van der Waals surface area (Å²) in [6.45, 7) is 2.89. The van der Waals surface area contributed by atoms with Crippen LogP contribution in [0.1, 0.15) is 13.3 Å². The molecule has 100 valence electrons. The van der Waals surface area contributed by atoms with Gasteiger partial charge in [0.2, 0.25) is 0 Å². The molecule has 5 heteroatoms. The Morgan fingerprint density at radius 2 is 2.06 bits per heavy atom. The fourth-order valence-electron chi connectivity index (χ4n) is 1.27. The average Bonchev–Trinajstić information content (AvgIpc) is 2.36. The molecule has 0 aliphatic carbocycles. The monoisotopic (exact) mass is 269 g/mol. The van der Waals surface area contributed by atoms with Gasteiger partial charge in [-0.1, -0.05) is 0 Å². The smallest absolute Gasteiger partial charge is 0.315 e. The third-order valence-electron chi connectivity index (χ3n) is 2.11.